The first-order valence-electron chi connectivity index (χ1n) is 7.83. The number of hydrogen-bond donors (Lipinski definition) is 0. The highest BCUT2D eigenvalue weighted by Gasteiger charge is 1.94. The Bertz CT molecular complexity index is 243. The molecule has 0 saturated carbocycles. The van der Waals surface area contributed by atoms with E-state index >= 15 is 0 Å². The van der Waals surface area contributed by atoms with Crippen LogP contribution in [0.15, 0.2) is 36.0 Å². The van der Waals surface area contributed by atoms with Crippen molar-refractivity contribution in [3.63, 3.8) is 0 Å². The highest BCUT2D eigenvalue weighted by atomic mass is 14.0. The molecule has 18 heavy (non-hydrogen) atoms. The van der Waals surface area contributed by atoms with Gasteiger partial charge in [0, 0.05) is 0 Å². The molecule has 0 aliphatic carbocycles. The van der Waals surface area contributed by atoms with Crippen LogP contribution in [0.1, 0.15) is 78.6 Å². The minimum Gasteiger partial charge on any atom is -0.0888 e. The summed E-state index contributed by atoms with van der Waals surface area (Å²) < 4.78 is 0. The van der Waals surface area contributed by atoms with Crippen LogP contribution in [-0.4, -0.2) is 0 Å². The summed E-state index contributed by atoms with van der Waals surface area (Å²) in [6, 6.07) is 0. The fourth-order valence-electron chi connectivity index (χ4n) is 1.87. The van der Waals surface area contributed by atoms with E-state index in [0.717, 1.165) is 12.8 Å². The van der Waals surface area contributed by atoms with Crippen LogP contribution in [-0.2, 0) is 0 Å². The molecule has 0 amide bonds. The Balaban J connectivity index is 4.06. The summed E-state index contributed by atoms with van der Waals surface area (Å²) in [6.07, 6.45) is 22.9. The molecule has 0 radical (unpaired) electrons. The van der Waals surface area contributed by atoms with Crippen LogP contribution in [0, 0.1) is 0 Å². The van der Waals surface area contributed by atoms with Crippen LogP contribution in [0.3, 0.4) is 0 Å². The smallest absolute Gasteiger partial charge is 0.0139 e. The van der Waals surface area contributed by atoms with E-state index in [1.54, 1.807) is 5.57 Å². The van der Waals surface area contributed by atoms with Gasteiger partial charge in [0.2, 0.25) is 0 Å². The van der Waals surface area contributed by atoms with Crippen molar-refractivity contribution >= 4 is 0 Å². The SMILES string of the molecule is CCC=CCC/C(=C\CCCC)CC=CCCC. The molecule has 0 aromatic rings. The average Bonchev–Trinajstić information content (AvgIpc) is 2.39. The lowest BCUT2D eigenvalue weighted by molar-refractivity contribution is 0.800. The number of unbranched alkanes of at least 4 members (excludes halogenated alkanes) is 3. The van der Waals surface area contributed by atoms with Crippen molar-refractivity contribution in [3.8, 4) is 0 Å². The molecule has 0 N–H and O–H groups in total. The van der Waals surface area contributed by atoms with E-state index in [0.29, 0.717) is 0 Å². The maximum Gasteiger partial charge on any atom is -0.0139 e. The predicted octanol–water partition coefficient (Wildman–Crippen LogP) is 6.60. The summed E-state index contributed by atoms with van der Waals surface area (Å²) >= 11 is 0. The molecule has 0 bridgehead atoms. The van der Waals surface area contributed by atoms with E-state index in [2.05, 4.69) is 51.2 Å². The van der Waals surface area contributed by atoms with Gasteiger partial charge >= 0.3 is 0 Å². The van der Waals surface area contributed by atoms with Gasteiger partial charge in [-0.15, -0.1) is 0 Å². The quantitative estimate of drug-likeness (QED) is 0.285. The molecule has 0 heteroatoms. The second-order valence-electron chi connectivity index (χ2n) is 4.89. The topological polar surface area (TPSA) is 0 Å². The van der Waals surface area contributed by atoms with Gasteiger partial charge in [-0.3, -0.25) is 0 Å². The molecule has 0 atom stereocenters. The second-order valence-corrected chi connectivity index (χ2v) is 4.89. The minimum absolute atomic E-state index is 1.16. The van der Waals surface area contributed by atoms with Crippen molar-refractivity contribution in [2.45, 2.75) is 78.6 Å². The molecule has 0 aliphatic heterocycles. The monoisotopic (exact) mass is 248 g/mol. The summed E-state index contributed by atoms with van der Waals surface area (Å²) in [4.78, 5) is 0. The molecule has 0 saturated heterocycles. The fraction of sp³-hybridized carbons (Fsp3) is 0.667. The Labute approximate surface area is 115 Å². The summed E-state index contributed by atoms with van der Waals surface area (Å²) in [6.45, 7) is 6.69. The zero-order valence-electron chi connectivity index (χ0n) is 12.8. The third-order valence-electron chi connectivity index (χ3n) is 3.03. The van der Waals surface area contributed by atoms with E-state index in [4.69, 9.17) is 0 Å². The van der Waals surface area contributed by atoms with Crippen molar-refractivity contribution in [2.24, 2.45) is 0 Å². The third-order valence-corrected chi connectivity index (χ3v) is 3.03. The Kier molecular flexibility index (Phi) is 13.7. The standard InChI is InChI=1S/C18H32/c1-4-7-10-13-16-18(15-12-9-6-3)17-14-11-8-5-2/h7,10-11,14-15H,4-6,8-9,12-13,16-17H2,1-3H3/b10-7?,14-11?,18-15+. The second kappa shape index (κ2) is 14.3. The van der Waals surface area contributed by atoms with E-state index in [1.165, 1.54) is 44.9 Å². The Hall–Kier alpha value is -0.780. The lowest BCUT2D eigenvalue weighted by atomic mass is 10.0. The minimum atomic E-state index is 1.16. The molecule has 104 valence electrons. The first kappa shape index (κ1) is 17.2. The predicted molar refractivity (Wildman–Crippen MR) is 84.9 cm³/mol. The average molecular weight is 248 g/mol. The van der Waals surface area contributed by atoms with Gasteiger partial charge in [-0.2, -0.15) is 0 Å². The molecule has 0 aliphatic rings. The summed E-state index contributed by atoms with van der Waals surface area (Å²) in [7, 11) is 0. The molecule has 0 unspecified atom stereocenters. The van der Waals surface area contributed by atoms with E-state index in [9.17, 15) is 0 Å². The first-order chi connectivity index (χ1) is 8.85. The van der Waals surface area contributed by atoms with E-state index in [1.807, 2.05) is 0 Å². The normalized spacial score (nSPS) is 12.9. The molecule has 0 spiro atoms. The van der Waals surface area contributed by atoms with Gasteiger partial charge in [-0.25, -0.2) is 0 Å². The molecule has 0 aromatic heterocycles. The first-order valence-corrected chi connectivity index (χ1v) is 7.83. The molecule has 0 rings (SSSR count). The van der Waals surface area contributed by atoms with Gasteiger partial charge in [-0.1, -0.05) is 76.0 Å². The number of allylic oxidation sites excluding steroid dienone is 6. The molecular weight excluding hydrogens is 216 g/mol. The van der Waals surface area contributed by atoms with Crippen LogP contribution in [0.2, 0.25) is 0 Å². The number of hydrogen-bond acceptors (Lipinski definition) is 0. The Morgan fingerprint density at radius 3 is 2.22 bits per heavy atom. The Morgan fingerprint density at radius 1 is 0.778 bits per heavy atom. The van der Waals surface area contributed by atoms with Gasteiger partial charge in [0.1, 0.15) is 0 Å². The summed E-state index contributed by atoms with van der Waals surface area (Å²) in [5.41, 5.74) is 1.62. The van der Waals surface area contributed by atoms with Gasteiger partial charge < -0.3 is 0 Å². The van der Waals surface area contributed by atoms with Crippen molar-refractivity contribution < 1.29 is 0 Å². The zero-order valence-corrected chi connectivity index (χ0v) is 12.8. The van der Waals surface area contributed by atoms with Crippen LogP contribution in [0.25, 0.3) is 0 Å². The maximum absolute atomic E-state index is 2.47. The Morgan fingerprint density at radius 2 is 1.56 bits per heavy atom. The highest BCUT2D eigenvalue weighted by Crippen LogP contribution is 2.14. The zero-order chi connectivity index (χ0) is 13.5. The van der Waals surface area contributed by atoms with E-state index < -0.39 is 0 Å². The molecular formula is C18H32. The number of rotatable bonds is 11. The van der Waals surface area contributed by atoms with Crippen LogP contribution >= 0.6 is 0 Å². The van der Waals surface area contributed by atoms with Crippen molar-refractivity contribution in [1.82, 2.24) is 0 Å². The molecule has 0 fully saturated rings. The van der Waals surface area contributed by atoms with Crippen LogP contribution in [0.4, 0.5) is 0 Å². The fourth-order valence-corrected chi connectivity index (χ4v) is 1.87. The van der Waals surface area contributed by atoms with Gasteiger partial charge in [-0.05, 0) is 38.5 Å². The van der Waals surface area contributed by atoms with Crippen LogP contribution < -0.4 is 0 Å². The third kappa shape index (κ3) is 11.7. The molecule has 0 nitrogen and oxygen atoms in total. The van der Waals surface area contributed by atoms with Gasteiger partial charge in [0.15, 0.2) is 0 Å². The van der Waals surface area contributed by atoms with Gasteiger partial charge in [0.25, 0.3) is 0 Å². The maximum atomic E-state index is 2.47. The summed E-state index contributed by atoms with van der Waals surface area (Å²) in [5, 5.41) is 0. The van der Waals surface area contributed by atoms with Gasteiger partial charge in [0.05, 0.1) is 0 Å². The van der Waals surface area contributed by atoms with Crippen molar-refractivity contribution in [1.29, 1.82) is 0 Å². The lowest BCUT2D eigenvalue weighted by Gasteiger charge is -2.03. The highest BCUT2D eigenvalue weighted by molar-refractivity contribution is 5.08. The van der Waals surface area contributed by atoms with Crippen LogP contribution in [0.5, 0.6) is 0 Å². The largest absolute Gasteiger partial charge is 0.0888 e. The van der Waals surface area contributed by atoms with E-state index in [-0.39, 0.29) is 0 Å². The van der Waals surface area contributed by atoms with Crippen molar-refractivity contribution in [2.75, 3.05) is 0 Å². The van der Waals surface area contributed by atoms with Crippen molar-refractivity contribution in [3.05, 3.63) is 36.0 Å². The molecule has 0 aromatic carbocycles. The molecule has 0 heterocycles. The summed E-state index contributed by atoms with van der Waals surface area (Å²) in [5.74, 6) is 0. The lowest BCUT2D eigenvalue weighted by Crippen LogP contribution is -1.83.